The van der Waals surface area contributed by atoms with Gasteiger partial charge in [0, 0.05) is 17.6 Å². The van der Waals surface area contributed by atoms with E-state index < -0.39 is 0 Å². The molecule has 0 heterocycles. The molecule has 0 spiro atoms. The van der Waals surface area contributed by atoms with Crippen molar-refractivity contribution in [3.8, 4) is 0 Å². The molecule has 0 unspecified atom stereocenters. The Hall–Kier alpha value is -0.380. The van der Waals surface area contributed by atoms with Crippen molar-refractivity contribution in [2.75, 3.05) is 20.2 Å². The summed E-state index contributed by atoms with van der Waals surface area (Å²) in [6.45, 7) is 2.46. The fraction of sp³-hybridized carbons (Fsp3) is 0.571. The Balaban J connectivity index is 2.16. The second-order valence-corrected chi connectivity index (χ2v) is 5.42. The number of benzene rings is 1. The molecule has 0 aliphatic carbocycles. The molecule has 0 saturated carbocycles. The van der Waals surface area contributed by atoms with Crippen LogP contribution in [-0.2, 0) is 6.54 Å². The molecule has 1 N–H and O–H groups in total. The highest BCUT2D eigenvalue weighted by atomic mass is 79.9. The predicted octanol–water partition coefficient (Wildman–Crippen LogP) is 3.43. The lowest BCUT2D eigenvalue weighted by atomic mass is 10.2. The summed E-state index contributed by atoms with van der Waals surface area (Å²) < 4.78 is 1.13. The molecule has 0 saturated heterocycles. The standard InChI is InChI=1S/C14H22BrNO/c1-16(10-4-2-3-5-11-17)12-13-6-8-14(15)9-7-13/h6-9,17H,2-5,10-12H2,1H3. The Morgan fingerprint density at radius 2 is 1.71 bits per heavy atom. The van der Waals surface area contributed by atoms with Crippen LogP contribution >= 0.6 is 15.9 Å². The van der Waals surface area contributed by atoms with Crippen molar-refractivity contribution in [2.45, 2.75) is 32.2 Å². The van der Waals surface area contributed by atoms with Gasteiger partial charge in [-0.2, -0.15) is 0 Å². The Morgan fingerprint density at radius 3 is 2.35 bits per heavy atom. The van der Waals surface area contributed by atoms with Gasteiger partial charge in [0.15, 0.2) is 0 Å². The van der Waals surface area contributed by atoms with Crippen molar-refractivity contribution in [1.82, 2.24) is 4.90 Å². The Morgan fingerprint density at radius 1 is 1.06 bits per heavy atom. The second kappa shape index (κ2) is 8.67. The summed E-state index contributed by atoms with van der Waals surface area (Å²) in [5.41, 5.74) is 1.35. The summed E-state index contributed by atoms with van der Waals surface area (Å²) in [7, 11) is 2.16. The largest absolute Gasteiger partial charge is 0.396 e. The van der Waals surface area contributed by atoms with Gasteiger partial charge in [0.1, 0.15) is 0 Å². The van der Waals surface area contributed by atoms with E-state index in [2.05, 4.69) is 52.1 Å². The molecule has 3 heteroatoms. The van der Waals surface area contributed by atoms with Crippen LogP contribution in [0.1, 0.15) is 31.2 Å². The fourth-order valence-corrected chi connectivity index (χ4v) is 2.09. The SMILES string of the molecule is CN(CCCCCCO)Cc1ccc(Br)cc1. The van der Waals surface area contributed by atoms with Gasteiger partial charge in [-0.15, -0.1) is 0 Å². The van der Waals surface area contributed by atoms with E-state index >= 15 is 0 Å². The number of rotatable bonds is 8. The van der Waals surface area contributed by atoms with E-state index in [0.717, 1.165) is 30.4 Å². The molecule has 0 aromatic heterocycles. The van der Waals surface area contributed by atoms with Crippen LogP contribution in [0.3, 0.4) is 0 Å². The maximum atomic E-state index is 8.68. The maximum absolute atomic E-state index is 8.68. The van der Waals surface area contributed by atoms with E-state index in [9.17, 15) is 0 Å². The molecule has 96 valence electrons. The van der Waals surface area contributed by atoms with Gasteiger partial charge in [0.2, 0.25) is 0 Å². The van der Waals surface area contributed by atoms with E-state index in [1.165, 1.54) is 18.4 Å². The summed E-state index contributed by atoms with van der Waals surface area (Å²) in [5, 5.41) is 8.68. The third kappa shape index (κ3) is 6.81. The molecule has 1 rings (SSSR count). The highest BCUT2D eigenvalue weighted by Crippen LogP contribution is 2.12. The first-order valence-corrected chi connectivity index (χ1v) is 7.05. The zero-order valence-electron chi connectivity index (χ0n) is 10.5. The summed E-state index contributed by atoms with van der Waals surface area (Å²) in [5.74, 6) is 0. The van der Waals surface area contributed by atoms with Gasteiger partial charge in [-0.1, -0.05) is 40.9 Å². The molecule has 0 atom stereocenters. The van der Waals surface area contributed by atoms with Crippen LogP contribution < -0.4 is 0 Å². The van der Waals surface area contributed by atoms with Crippen LogP contribution in [0.5, 0.6) is 0 Å². The first-order valence-electron chi connectivity index (χ1n) is 6.26. The molecule has 0 fully saturated rings. The van der Waals surface area contributed by atoms with E-state index in [0.29, 0.717) is 6.61 Å². The van der Waals surface area contributed by atoms with Crippen molar-refractivity contribution in [3.05, 3.63) is 34.3 Å². The molecule has 2 nitrogen and oxygen atoms in total. The molecule has 17 heavy (non-hydrogen) atoms. The molecule has 0 bridgehead atoms. The van der Waals surface area contributed by atoms with Crippen LogP contribution in [0.2, 0.25) is 0 Å². The Bertz CT molecular complexity index is 300. The van der Waals surface area contributed by atoms with Crippen LogP contribution in [0.15, 0.2) is 28.7 Å². The molecule has 0 amide bonds. The number of nitrogens with zero attached hydrogens (tertiary/aromatic N) is 1. The Kier molecular flexibility index (Phi) is 7.49. The minimum absolute atomic E-state index is 0.328. The lowest BCUT2D eigenvalue weighted by Gasteiger charge is -2.16. The van der Waals surface area contributed by atoms with E-state index in [1.807, 2.05) is 0 Å². The normalized spacial score (nSPS) is 11.1. The van der Waals surface area contributed by atoms with Gasteiger partial charge < -0.3 is 10.0 Å². The maximum Gasteiger partial charge on any atom is 0.0431 e. The molecule has 0 aliphatic heterocycles. The number of halogens is 1. The van der Waals surface area contributed by atoms with Crippen LogP contribution in [-0.4, -0.2) is 30.2 Å². The smallest absolute Gasteiger partial charge is 0.0431 e. The first-order chi connectivity index (χ1) is 8.22. The quantitative estimate of drug-likeness (QED) is 0.744. The molecule has 0 radical (unpaired) electrons. The van der Waals surface area contributed by atoms with Gasteiger partial charge in [-0.25, -0.2) is 0 Å². The van der Waals surface area contributed by atoms with Crippen molar-refractivity contribution in [3.63, 3.8) is 0 Å². The predicted molar refractivity (Wildman–Crippen MR) is 76.0 cm³/mol. The van der Waals surface area contributed by atoms with Crippen molar-refractivity contribution in [1.29, 1.82) is 0 Å². The summed E-state index contributed by atoms with van der Waals surface area (Å²) >= 11 is 3.44. The summed E-state index contributed by atoms with van der Waals surface area (Å²) in [6.07, 6.45) is 4.51. The van der Waals surface area contributed by atoms with Gasteiger partial charge in [-0.05, 0) is 44.1 Å². The van der Waals surface area contributed by atoms with E-state index in [1.54, 1.807) is 0 Å². The lowest BCUT2D eigenvalue weighted by molar-refractivity contribution is 0.277. The first kappa shape index (κ1) is 14.7. The summed E-state index contributed by atoms with van der Waals surface area (Å²) in [6, 6.07) is 8.49. The van der Waals surface area contributed by atoms with Crippen molar-refractivity contribution >= 4 is 15.9 Å². The molecular formula is C14H22BrNO. The van der Waals surface area contributed by atoms with Gasteiger partial charge in [-0.3, -0.25) is 0 Å². The molecular weight excluding hydrogens is 278 g/mol. The molecule has 1 aromatic rings. The van der Waals surface area contributed by atoms with Gasteiger partial charge in [0.05, 0.1) is 0 Å². The number of hydrogen-bond donors (Lipinski definition) is 1. The lowest BCUT2D eigenvalue weighted by Crippen LogP contribution is -2.19. The minimum atomic E-state index is 0.328. The number of unbranched alkanes of at least 4 members (excludes halogenated alkanes) is 3. The number of hydrogen-bond acceptors (Lipinski definition) is 2. The summed E-state index contributed by atoms with van der Waals surface area (Å²) in [4.78, 5) is 2.35. The fourth-order valence-electron chi connectivity index (χ4n) is 1.83. The van der Waals surface area contributed by atoms with Crippen molar-refractivity contribution < 1.29 is 5.11 Å². The topological polar surface area (TPSA) is 23.5 Å². The third-order valence-corrected chi connectivity index (χ3v) is 3.34. The Labute approximate surface area is 113 Å². The average molecular weight is 300 g/mol. The zero-order chi connectivity index (χ0) is 12.5. The zero-order valence-corrected chi connectivity index (χ0v) is 12.1. The van der Waals surface area contributed by atoms with Crippen LogP contribution in [0, 0.1) is 0 Å². The molecule has 0 aliphatic rings. The van der Waals surface area contributed by atoms with Gasteiger partial charge >= 0.3 is 0 Å². The molecule has 1 aromatic carbocycles. The van der Waals surface area contributed by atoms with Crippen LogP contribution in [0.4, 0.5) is 0 Å². The third-order valence-electron chi connectivity index (χ3n) is 2.81. The highest BCUT2D eigenvalue weighted by molar-refractivity contribution is 9.10. The van der Waals surface area contributed by atoms with E-state index in [-0.39, 0.29) is 0 Å². The average Bonchev–Trinajstić information content (AvgIpc) is 2.32. The highest BCUT2D eigenvalue weighted by Gasteiger charge is 2.00. The second-order valence-electron chi connectivity index (χ2n) is 4.50. The van der Waals surface area contributed by atoms with Crippen molar-refractivity contribution in [2.24, 2.45) is 0 Å². The number of aliphatic hydroxyl groups excluding tert-OH is 1. The monoisotopic (exact) mass is 299 g/mol. The minimum Gasteiger partial charge on any atom is -0.396 e. The van der Waals surface area contributed by atoms with E-state index in [4.69, 9.17) is 5.11 Å². The number of aliphatic hydroxyl groups is 1. The van der Waals surface area contributed by atoms with Gasteiger partial charge in [0.25, 0.3) is 0 Å². The van der Waals surface area contributed by atoms with Crippen LogP contribution in [0.25, 0.3) is 0 Å².